The lowest BCUT2D eigenvalue weighted by molar-refractivity contribution is -0.385. The molecule has 0 aliphatic heterocycles. The number of hydrogen-bond acceptors (Lipinski definition) is 5. The zero-order valence-electron chi connectivity index (χ0n) is 10.8. The van der Waals surface area contributed by atoms with E-state index in [0.29, 0.717) is 12.1 Å². The monoisotopic (exact) mass is 282 g/mol. The van der Waals surface area contributed by atoms with Gasteiger partial charge in [-0.3, -0.25) is 19.7 Å². The largest absolute Gasteiger partial charge is 0.490 e. The Morgan fingerprint density at radius 3 is 2.75 bits per heavy atom. The van der Waals surface area contributed by atoms with Gasteiger partial charge in [0, 0.05) is 19.0 Å². The third-order valence-corrected chi connectivity index (χ3v) is 2.61. The number of nitro groups is 1. The second-order valence-corrected chi connectivity index (χ2v) is 3.91. The van der Waals surface area contributed by atoms with Gasteiger partial charge in [0.05, 0.1) is 17.7 Å². The number of nitrogens with zero attached hydrogens (tertiary/aromatic N) is 2. The lowest BCUT2D eigenvalue weighted by atomic mass is 10.2. The summed E-state index contributed by atoms with van der Waals surface area (Å²) in [5.41, 5.74) is 0.0629. The Bertz CT molecular complexity index is 517. The molecule has 0 heterocycles. The summed E-state index contributed by atoms with van der Waals surface area (Å²) >= 11 is 0. The van der Waals surface area contributed by atoms with Gasteiger partial charge in [-0.25, -0.2) is 0 Å². The molecule has 1 aromatic rings. The molecule has 0 aliphatic carbocycles. The van der Waals surface area contributed by atoms with E-state index in [1.807, 2.05) is 0 Å². The Balaban J connectivity index is 2.92. The molecule has 8 heteroatoms. The Hall–Kier alpha value is -2.64. The fourth-order valence-corrected chi connectivity index (χ4v) is 1.64. The van der Waals surface area contributed by atoms with Crippen LogP contribution in [0.25, 0.3) is 0 Å². The van der Waals surface area contributed by atoms with Crippen molar-refractivity contribution in [2.45, 2.75) is 12.8 Å². The number of carbonyl (C=O) groups excluding carboxylic acids is 1. The lowest BCUT2D eigenvalue weighted by Crippen LogP contribution is -2.23. The van der Waals surface area contributed by atoms with Crippen LogP contribution in [0.15, 0.2) is 18.2 Å². The average Bonchev–Trinajstić information content (AvgIpc) is 2.42. The summed E-state index contributed by atoms with van der Waals surface area (Å²) in [6.07, 6.45) is 0.684. The zero-order valence-corrected chi connectivity index (χ0v) is 10.8. The molecule has 108 valence electrons. The first-order chi connectivity index (χ1) is 9.49. The lowest BCUT2D eigenvalue weighted by Gasteiger charge is -2.17. The molecule has 0 saturated carbocycles. The van der Waals surface area contributed by atoms with Crippen molar-refractivity contribution >= 4 is 23.8 Å². The van der Waals surface area contributed by atoms with E-state index >= 15 is 0 Å². The Labute approximate surface area is 114 Å². The number of nitro benzene ring substituents is 1. The summed E-state index contributed by atoms with van der Waals surface area (Å²) in [5, 5.41) is 19.4. The molecule has 0 radical (unpaired) electrons. The summed E-state index contributed by atoms with van der Waals surface area (Å²) in [5.74, 6) is -0.869. The van der Waals surface area contributed by atoms with Crippen LogP contribution >= 0.6 is 0 Å². The molecule has 1 N–H and O–H groups in total. The third-order valence-electron chi connectivity index (χ3n) is 2.61. The van der Waals surface area contributed by atoms with E-state index in [0.717, 1.165) is 0 Å². The van der Waals surface area contributed by atoms with E-state index in [9.17, 15) is 19.7 Å². The fourth-order valence-electron chi connectivity index (χ4n) is 1.64. The maximum absolute atomic E-state index is 11.0. The second-order valence-electron chi connectivity index (χ2n) is 3.91. The topological polar surface area (TPSA) is 110 Å². The van der Waals surface area contributed by atoms with Crippen LogP contribution in [0.4, 0.5) is 11.4 Å². The number of methoxy groups -OCH3 is 1. The smallest absolute Gasteiger partial charge is 0.312 e. The number of rotatable bonds is 8. The number of carbonyl (C=O) groups is 2. The number of carboxylic acid groups (broad SMARTS) is 1. The quantitative estimate of drug-likeness (QED) is 0.438. The number of carboxylic acids is 1. The molecule has 0 bridgehead atoms. The van der Waals surface area contributed by atoms with Gasteiger partial charge in [-0.15, -0.1) is 0 Å². The van der Waals surface area contributed by atoms with Gasteiger partial charge in [-0.2, -0.15) is 0 Å². The fraction of sp³-hybridized carbons (Fsp3) is 0.333. The molecule has 1 aromatic carbocycles. The van der Waals surface area contributed by atoms with Crippen LogP contribution in [-0.2, 0) is 9.59 Å². The molecule has 0 atom stereocenters. The summed E-state index contributed by atoms with van der Waals surface area (Å²) in [7, 11) is 1.31. The first-order valence-electron chi connectivity index (χ1n) is 5.75. The normalized spacial score (nSPS) is 9.85. The molecule has 0 aliphatic rings. The Morgan fingerprint density at radius 2 is 2.25 bits per heavy atom. The summed E-state index contributed by atoms with van der Waals surface area (Å²) in [6, 6.07) is 4.11. The zero-order chi connectivity index (χ0) is 15.1. The highest BCUT2D eigenvalue weighted by molar-refractivity contribution is 5.77. The van der Waals surface area contributed by atoms with E-state index in [1.54, 1.807) is 0 Å². The summed E-state index contributed by atoms with van der Waals surface area (Å²) in [4.78, 5) is 32.9. The van der Waals surface area contributed by atoms with Crippen molar-refractivity contribution in [3.05, 3.63) is 28.3 Å². The van der Waals surface area contributed by atoms with Gasteiger partial charge in [0.1, 0.15) is 0 Å². The first kappa shape index (κ1) is 15.4. The van der Waals surface area contributed by atoms with Crippen molar-refractivity contribution in [3.8, 4) is 5.75 Å². The molecule has 0 spiro atoms. The summed E-state index contributed by atoms with van der Waals surface area (Å²) in [6.45, 7) is 0.166. The molecule has 8 nitrogen and oxygen atoms in total. The number of benzene rings is 1. The van der Waals surface area contributed by atoms with Gasteiger partial charge in [-0.1, -0.05) is 0 Å². The van der Waals surface area contributed by atoms with E-state index < -0.39 is 10.9 Å². The molecule has 0 saturated heterocycles. The minimum atomic E-state index is -0.962. The van der Waals surface area contributed by atoms with Crippen LogP contribution in [0.2, 0.25) is 0 Å². The highest BCUT2D eigenvalue weighted by Crippen LogP contribution is 2.31. The minimum absolute atomic E-state index is 0.0808. The van der Waals surface area contributed by atoms with E-state index in [4.69, 9.17) is 9.84 Å². The molecular weight excluding hydrogens is 268 g/mol. The van der Waals surface area contributed by atoms with Crippen molar-refractivity contribution in [2.75, 3.05) is 18.6 Å². The van der Waals surface area contributed by atoms with Crippen molar-refractivity contribution in [3.63, 3.8) is 0 Å². The molecule has 1 amide bonds. The Kier molecular flexibility index (Phi) is 5.45. The number of hydrogen-bond donors (Lipinski definition) is 1. The van der Waals surface area contributed by atoms with Crippen LogP contribution in [0.5, 0.6) is 5.75 Å². The average molecular weight is 282 g/mol. The number of ether oxygens (including phenoxy) is 1. The van der Waals surface area contributed by atoms with E-state index in [-0.39, 0.29) is 30.8 Å². The van der Waals surface area contributed by atoms with Crippen molar-refractivity contribution < 1.29 is 24.4 Å². The van der Waals surface area contributed by atoms with E-state index in [2.05, 4.69) is 0 Å². The van der Waals surface area contributed by atoms with Crippen LogP contribution in [-0.4, -0.2) is 36.1 Å². The van der Waals surface area contributed by atoms with Crippen molar-refractivity contribution in [1.82, 2.24) is 0 Å². The first-order valence-corrected chi connectivity index (χ1v) is 5.75. The minimum Gasteiger partial charge on any atom is -0.490 e. The highest BCUT2D eigenvalue weighted by Gasteiger charge is 2.17. The molecule has 20 heavy (non-hydrogen) atoms. The molecule has 0 fully saturated rings. The Morgan fingerprint density at radius 1 is 1.55 bits per heavy atom. The van der Waals surface area contributed by atoms with Gasteiger partial charge in [0.2, 0.25) is 6.41 Å². The van der Waals surface area contributed by atoms with Gasteiger partial charge in [0.25, 0.3) is 0 Å². The van der Waals surface area contributed by atoms with Gasteiger partial charge >= 0.3 is 11.7 Å². The van der Waals surface area contributed by atoms with Crippen LogP contribution < -0.4 is 9.64 Å². The highest BCUT2D eigenvalue weighted by atomic mass is 16.6. The molecular formula is C12H14N2O6. The second kappa shape index (κ2) is 7.07. The maximum Gasteiger partial charge on any atom is 0.312 e. The van der Waals surface area contributed by atoms with Crippen molar-refractivity contribution in [2.24, 2.45) is 0 Å². The van der Waals surface area contributed by atoms with Gasteiger partial charge in [-0.05, 0) is 18.6 Å². The van der Waals surface area contributed by atoms with E-state index in [1.165, 1.54) is 30.2 Å². The van der Waals surface area contributed by atoms with Gasteiger partial charge < -0.3 is 14.7 Å². The van der Waals surface area contributed by atoms with Crippen molar-refractivity contribution in [1.29, 1.82) is 0 Å². The number of amides is 1. The molecule has 1 rings (SSSR count). The van der Waals surface area contributed by atoms with Gasteiger partial charge in [0.15, 0.2) is 5.75 Å². The number of aliphatic carboxylic acids is 1. The molecule has 0 unspecified atom stereocenters. The van der Waals surface area contributed by atoms with Crippen LogP contribution in [0, 0.1) is 10.1 Å². The molecule has 0 aromatic heterocycles. The number of anilines is 1. The predicted molar refractivity (Wildman–Crippen MR) is 69.9 cm³/mol. The van der Waals surface area contributed by atoms with Crippen LogP contribution in [0.1, 0.15) is 12.8 Å². The third kappa shape index (κ3) is 3.94. The summed E-state index contributed by atoms with van der Waals surface area (Å²) < 4.78 is 4.86. The standard InChI is InChI=1S/C12H14N2O6/c1-20-11-5-4-9(7-10(11)14(18)19)13(8-15)6-2-3-12(16)17/h4-5,7-8H,2-3,6H2,1H3,(H,16,17). The van der Waals surface area contributed by atoms with Crippen LogP contribution in [0.3, 0.4) is 0 Å². The predicted octanol–water partition coefficient (Wildman–Crippen LogP) is 1.43. The maximum atomic E-state index is 11.0. The SMILES string of the molecule is COc1ccc(N(C=O)CCCC(=O)O)cc1[N+](=O)[O-].